The highest BCUT2D eigenvalue weighted by Crippen LogP contribution is 2.31. The number of hydrogen-bond acceptors (Lipinski definition) is 4. The highest BCUT2D eigenvalue weighted by atomic mass is 35.5. The third kappa shape index (κ3) is 6.69. The molecule has 2 rings (SSSR count). The van der Waals surface area contributed by atoms with Crippen molar-refractivity contribution in [1.29, 1.82) is 0 Å². The van der Waals surface area contributed by atoms with Crippen molar-refractivity contribution in [3.05, 3.63) is 60.2 Å². The Morgan fingerprint density at radius 3 is 2.15 bits per heavy atom. The number of hydrogen-bond donors (Lipinski definition) is 1. The maximum Gasteiger partial charge on any atom is 0.573 e. The van der Waals surface area contributed by atoms with Gasteiger partial charge in [-0.3, -0.25) is 0 Å². The predicted molar refractivity (Wildman–Crippen MR) is 98.3 cm³/mol. The molecule has 150 valence electrons. The third-order valence-corrected chi connectivity index (χ3v) is 5.50. The molecule has 0 fully saturated rings. The summed E-state index contributed by atoms with van der Waals surface area (Å²) in [6, 6.07) is 13.8. The standard InChI is InChI=1S/C17H19F3N2O3S.ClH/c18-17(19,20)25-15-8-4-5-9-16(15)26(23,24)22(13-11-21)12-10-14-6-2-1-3-7-14;/h1-9H,10-13,21H2;1H. The first-order valence-electron chi connectivity index (χ1n) is 7.83. The minimum absolute atomic E-state index is 0. The van der Waals surface area contributed by atoms with Gasteiger partial charge in [0.2, 0.25) is 10.0 Å². The van der Waals surface area contributed by atoms with Crippen molar-refractivity contribution in [2.24, 2.45) is 5.73 Å². The molecule has 0 aliphatic carbocycles. The molecule has 2 N–H and O–H groups in total. The van der Waals surface area contributed by atoms with Gasteiger partial charge in [-0.25, -0.2) is 8.42 Å². The van der Waals surface area contributed by atoms with E-state index >= 15 is 0 Å². The Labute approximate surface area is 162 Å². The number of rotatable bonds is 8. The van der Waals surface area contributed by atoms with Crippen molar-refractivity contribution in [3.8, 4) is 5.75 Å². The fraction of sp³-hybridized carbons (Fsp3) is 0.294. The molecular weight excluding hydrogens is 405 g/mol. The molecule has 0 aromatic heterocycles. The first kappa shape index (κ1) is 23.2. The van der Waals surface area contributed by atoms with Gasteiger partial charge in [0.1, 0.15) is 10.6 Å². The van der Waals surface area contributed by atoms with Crippen molar-refractivity contribution in [1.82, 2.24) is 4.31 Å². The average molecular weight is 425 g/mol. The van der Waals surface area contributed by atoms with E-state index in [0.717, 1.165) is 22.0 Å². The molecule has 2 aromatic carbocycles. The van der Waals surface area contributed by atoms with E-state index in [2.05, 4.69) is 4.74 Å². The zero-order valence-corrected chi connectivity index (χ0v) is 15.9. The maximum absolute atomic E-state index is 12.9. The molecule has 0 atom stereocenters. The summed E-state index contributed by atoms with van der Waals surface area (Å²) in [5.41, 5.74) is 6.40. The summed E-state index contributed by atoms with van der Waals surface area (Å²) in [7, 11) is -4.21. The van der Waals surface area contributed by atoms with E-state index in [1.54, 1.807) is 0 Å². The monoisotopic (exact) mass is 424 g/mol. The summed E-state index contributed by atoms with van der Waals surface area (Å²) in [4.78, 5) is -0.543. The number of sulfonamides is 1. The molecule has 27 heavy (non-hydrogen) atoms. The average Bonchev–Trinajstić information content (AvgIpc) is 2.58. The lowest BCUT2D eigenvalue weighted by atomic mass is 10.1. The van der Waals surface area contributed by atoms with Crippen LogP contribution in [-0.2, 0) is 16.4 Å². The quantitative estimate of drug-likeness (QED) is 0.706. The second-order valence-electron chi connectivity index (χ2n) is 5.42. The Morgan fingerprint density at radius 2 is 1.56 bits per heavy atom. The lowest BCUT2D eigenvalue weighted by Gasteiger charge is -2.23. The summed E-state index contributed by atoms with van der Waals surface area (Å²) < 4.78 is 68.4. The molecule has 0 spiro atoms. The van der Waals surface area contributed by atoms with Gasteiger partial charge >= 0.3 is 6.36 Å². The second kappa shape index (κ2) is 9.93. The predicted octanol–water partition coefficient (Wildman–Crippen LogP) is 3.20. The number of ether oxygens (including phenoxy) is 1. The van der Waals surface area contributed by atoms with Crippen LogP contribution in [0.25, 0.3) is 0 Å². The minimum Gasteiger partial charge on any atom is -0.404 e. The number of nitrogens with zero attached hydrogens (tertiary/aromatic N) is 1. The van der Waals surface area contributed by atoms with Crippen molar-refractivity contribution in [3.63, 3.8) is 0 Å². The highest BCUT2D eigenvalue weighted by Gasteiger charge is 2.35. The molecule has 0 aliphatic rings. The number of nitrogens with two attached hydrogens (primary N) is 1. The number of benzene rings is 2. The van der Waals surface area contributed by atoms with E-state index in [4.69, 9.17) is 5.73 Å². The number of para-hydroxylation sites is 1. The third-order valence-electron chi connectivity index (χ3n) is 3.56. The summed E-state index contributed by atoms with van der Waals surface area (Å²) >= 11 is 0. The van der Waals surface area contributed by atoms with E-state index in [0.29, 0.717) is 6.42 Å². The molecule has 2 aromatic rings. The first-order valence-corrected chi connectivity index (χ1v) is 9.27. The zero-order valence-electron chi connectivity index (χ0n) is 14.2. The fourth-order valence-electron chi connectivity index (χ4n) is 2.41. The van der Waals surface area contributed by atoms with Crippen LogP contribution < -0.4 is 10.5 Å². The summed E-state index contributed by atoms with van der Waals surface area (Å²) in [5.74, 6) is -0.762. The van der Waals surface area contributed by atoms with Gasteiger partial charge in [0.25, 0.3) is 0 Å². The van der Waals surface area contributed by atoms with Crippen molar-refractivity contribution < 1.29 is 26.3 Å². The smallest absolute Gasteiger partial charge is 0.404 e. The Morgan fingerprint density at radius 1 is 0.963 bits per heavy atom. The Balaban J connectivity index is 0.00000364. The molecular formula is C17H20ClF3N2O3S. The molecule has 0 unspecified atom stereocenters. The van der Waals surface area contributed by atoms with Gasteiger partial charge in [0.05, 0.1) is 0 Å². The molecule has 0 bridgehead atoms. The Kier molecular flexibility index (Phi) is 8.55. The van der Waals surface area contributed by atoms with Gasteiger partial charge in [0.15, 0.2) is 0 Å². The van der Waals surface area contributed by atoms with Crippen LogP contribution in [0, 0.1) is 0 Å². The van der Waals surface area contributed by atoms with Gasteiger partial charge < -0.3 is 10.5 Å². The van der Waals surface area contributed by atoms with Crippen LogP contribution in [0.15, 0.2) is 59.5 Å². The SMILES string of the molecule is Cl.NCCN(CCc1ccccc1)S(=O)(=O)c1ccccc1OC(F)(F)F. The van der Waals surface area contributed by atoms with Gasteiger partial charge in [-0.05, 0) is 24.1 Å². The Hall–Kier alpha value is -1.81. The van der Waals surface area contributed by atoms with E-state index in [1.807, 2.05) is 30.3 Å². The largest absolute Gasteiger partial charge is 0.573 e. The van der Waals surface area contributed by atoms with Crippen LogP contribution in [0.4, 0.5) is 13.2 Å². The van der Waals surface area contributed by atoms with Gasteiger partial charge in [-0.1, -0.05) is 42.5 Å². The number of alkyl halides is 3. The lowest BCUT2D eigenvalue weighted by Crippen LogP contribution is -2.37. The van der Waals surface area contributed by atoms with E-state index in [1.165, 1.54) is 12.1 Å². The molecule has 0 heterocycles. The topological polar surface area (TPSA) is 72.6 Å². The van der Waals surface area contributed by atoms with Gasteiger partial charge in [-0.15, -0.1) is 25.6 Å². The normalized spacial score (nSPS) is 11.9. The molecule has 5 nitrogen and oxygen atoms in total. The summed E-state index contributed by atoms with van der Waals surface area (Å²) in [6.45, 7) is 0.107. The molecule has 10 heteroatoms. The summed E-state index contributed by atoms with van der Waals surface area (Å²) in [5, 5.41) is 0. The Bertz CT molecular complexity index is 818. The van der Waals surface area contributed by atoms with E-state index in [-0.39, 0.29) is 32.0 Å². The van der Waals surface area contributed by atoms with Crippen molar-refractivity contribution in [2.75, 3.05) is 19.6 Å². The van der Waals surface area contributed by atoms with Crippen LogP contribution in [0.5, 0.6) is 5.75 Å². The highest BCUT2D eigenvalue weighted by molar-refractivity contribution is 7.89. The molecule has 0 amide bonds. The second-order valence-corrected chi connectivity index (χ2v) is 7.33. The molecule has 0 aliphatic heterocycles. The van der Waals surface area contributed by atoms with Crippen LogP contribution in [0.3, 0.4) is 0 Å². The van der Waals surface area contributed by atoms with Gasteiger partial charge in [0, 0.05) is 19.6 Å². The number of halogens is 4. The van der Waals surface area contributed by atoms with E-state index < -0.39 is 27.0 Å². The molecule has 0 radical (unpaired) electrons. The van der Waals surface area contributed by atoms with Crippen molar-refractivity contribution in [2.45, 2.75) is 17.7 Å². The van der Waals surface area contributed by atoms with Crippen molar-refractivity contribution >= 4 is 22.4 Å². The zero-order chi connectivity index (χ0) is 19.2. The van der Waals surface area contributed by atoms with Crippen LogP contribution in [0.1, 0.15) is 5.56 Å². The molecule has 0 saturated heterocycles. The van der Waals surface area contributed by atoms with E-state index in [9.17, 15) is 21.6 Å². The molecule has 0 saturated carbocycles. The minimum atomic E-state index is -4.99. The van der Waals surface area contributed by atoms with Crippen LogP contribution in [-0.4, -0.2) is 38.7 Å². The van der Waals surface area contributed by atoms with Crippen LogP contribution >= 0.6 is 12.4 Å². The first-order chi connectivity index (χ1) is 12.2. The van der Waals surface area contributed by atoms with Gasteiger partial charge in [-0.2, -0.15) is 4.31 Å². The maximum atomic E-state index is 12.9. The summed E-state index contributed by atoms with van der Waals surface area (Å²) in [6.07, 6.45) is -4.59. The van der Waals surface area contributed by atoms with Crippen LogP contribution in [0.2, 0.25) is 0 Å². The fourth-order valence-corrected chi connectivity index (χ4v) is 3.98. The lowest BCUT2D eigenvalue weighted by molar-refractivity contribution is -0.275.